The summed E-state index contributed by atoms with van der Waals surface area (Å²) in [6.07, 6.45) is 2.75. The summed E-state index contributed by atoms with van der Waals surface area (Å²) in [5.74, 6) is -0.107. The molecule has 0 radical (unpaired) electrons. The highest BCUT2D eigenvalue weighted by Crippen LogP contribution is 2.48. The van der Waals surface area contributed by atoms with E-state index < -0.39 is 0 Å². The number of fused-ring (bicyclic) bond motifs is 1. The lowest BCUT2D eigenvalue weighted by Crippen LogP contribution is -2.11. The molecule has 0 atom stereocenters. The van der Waals surface area contributed by atoms with Gasteiger partial charge in [0, 0.05) is 21.9 Å². The van der Waals surface area contributed by atoms with Crippen molar-refractivity contribution in [2.75, 3.05) is 6.61 Å². The van der Waals surface area contributed by atoms with Gasteiger partial charge in [0.15, 0.2) is 6.29 Å². The molecule has 1 aliphatic carbocycles. The van der Waals surface area contributed by atoms with E-state index in [-0.39, 0.29) is 17.8 Å². The van der Waals surface area contributed by atoms with Crippen LogP contribution in [0.1, 0.15) is 44.1 Å². The van der Waals surface area contributed by atoms with Crippen LogP contribution in [0.15, 0.2) is 54.6 Å². The number of ketones is 1. The fourth-order valence-electron chi connectivity index (χ4n) is 3.95. The molecule has 5 rings (SSSR count). The molecular weight excluding hydrogens is 418 g/mol. The number of rotatable bonds is 6. The van der Waals surface area contributed by atoms with Crippen LogP contribution in [0.2, 0.25) is 4.34 Å². The lowest BCUT2D eigenvalue weighted by molar-refractivity contribution is 0.104. The number of aliphatic hydroxyl groups is 1. The Labute approximate surface area is 182 Å². The third kappa shape index (κ3) is 3.19. The van der Waals surface area contributed by atoms with Gasteiger partial charge < -0.3 is 10.1 Å². The van der Waals surface area contributed by atoms with E-state index in [2.05, 4.69) is 4.98 Å². The number of benzene rings is 2. The highest BCUT2D eigenvalue weighted by Gasteiger charge is 2.43. The second kappa shape index (κ2) is 7.20. The van der Waals surface area contributed by atoms with Crippen LogP contribution in [-0.4, -0.2) is 28.8 Å². The number of aromatic nitrogens is 1. The standard InChI is InChI=1S/C24H18ClNO3S/c25-22-6-5-21(30-22)23(29)19-11-20-15(9-17(12-27)26-20)10-18(19)14-1-3-16(4-2-14)24(13-28)7-8-24/h1-6,9-12,26,28H,7-8,13H2. The smallest absolute Gasteiger partial charge is 0.203 e. The molecule has 0 unspecified atom stereocenters. The maximum absolute atomic E-state index is 13.3. The van der Waals surface area contributed by atoms with Gasteiger partial charge in [-0.2, -0.15) is 0 Å². The van der Waals surface area contributed by atoms with Crippen LogP contribution in [0, 0.1) is 0 Å². The monoisotopic (exact) mass is 435 g/mol. The maximum atomic E-state index is 13.3. The first-order valence-corrected chi connectivity index (χ1v) is 10.9. The number of hydrogen-bond acceptors (Lipinski definition) is 4. The molecule has 2 N–H and O–H groups in total. The molecule has 4 nitrogen and oxygen atoms in total. The molecule has 0 amide bonds. The Balaban J connectivity index is 1.65. The van der Waals surface area contributed by atoms with Crippen molar-refractivity contribution in [2.45, 2.75) is 18.3 Å². The zero-order valence-electron chi connectivity index (χ0n) is 15.9. The quantitative estimate of drug-likeness (QED) is 0.305. The number of nitrogens with one attached hydrogen (secondary N) is 1. The molecule has 1 saturated carbocycles. The van der Waals surface area contributed by atoms with Crippen molar-refractivity contribution in [3.8, 4) is 11.1 Å². The summed E-state index contributed by atoms with van der Waals surface area (Å²) in [7, 11) is 0. The van der Waals surface area contributed by atoms with Gasteiger partial charge in [-0.15, -0.1) is 11.3 Å². The van der Waals surface area contributed by atoms with Crippen LogP contribution in [0.4, 0.5) is 0 Å². The molecule has 150 valence electrons. The van der Waals surface area contributed by atoms with Crippen molar-refractivity contribution in [1.29, 1.82) is 0 Å². The van der Waals surface area contributed by atoms with Crippen molar-refractivity contribution < 1.29 is 14.7 Å². The van der Waals surface area contributed by atoms with E-state index in [1.54, 1.807) is 24.3 Å². The van der Waals surface area contributed by atoms with E-state index in [9.17, 15) is 14.7 Å². The fourth-order valence-corrected chi connectivity index (χ4v) is 4.95. The van der Waals surface area contributed by atoms with E-state index in [1.165, 1.54) is 11.3 Å². The second-order valence-electron chi connectivity index (χ2n) is 7.78. The predicted octanol–water partition coefficient (Wildman–Crippen LogP) is 5.62. The first-order chi connectivity index (χ1) is 14.5. The Morgan fingerprint density at radius 2 is 1.90 bits per heavy atom. The summed E-state index contributed by atoms with van der Waals surface area (Å²) in [5.41, 5.74) is 4.49. The number of hydrogen-bond donors (Lipinski definition) is 2. The minimum atomic E-state index is -0.107. The number of aliphatic hydroxyl groups excluding tert-OH is 1. The lowest BCUT2D eigenvalue weighted by atomic mass is 9.91. The van der Waals surface area contributed by atoms with E-state index >= 15 is 0 Å². The minimum Gasteiger partial charge on any atom is -0.395 e. The fraction of sp³-hybridized carbons (Fsp3) is 0.167. The van der Waals surface area contributed by atoms with Gasteiger partial charge >= 0.3 is 0 Å². The summed E-state index contributed by atoms with van der Waals surface area (Å²) in [5, 5.41) is 10.6. The number of thiophene rings is 1. The van der Waals surface area contributed by atoms with Crippen LogP contribution < -0.4 is 0 Å². The molecule has 6 heteroatoms. The molecular formula is C24H18ClNO3S. The summed E-state index contributed by atoms with van der Waals surface area (Å²) in [6, 6.07) is 17.0. The lowest BCUT2D eigenvalue weighted by Gasteiger charge is -2.14. The average Bonchev–Trinajstić information content (AvgIpc) is 3.28. The van der Waals surface area contributed by atoms with Gasteiger partial charge in [-0.05, 0) is 59.9 Å². The molecule has 2 aromatic carbocycles. The third-order valence-corrected chi connectivity index (χ3v) is 7.14. The molecule has 0 saturated heterocycles. The molecule has 1 fully saturated rings. The topological polar surface area (TPSA) is 70.2 Å². The number of carbonyl (C=O) groups excluding carboxylic acids is 2. The van der Waals surface area contributed by atoms with Gasteiger partial charge in [0.05, 0.1) is 21.5 Å². The van der Waals surface area contributed by atoms with Gasteiger partial charge in [-0.1, -0.05) is 35.9 Å². The number of aromatic amines is 1. The number of halogens is 1. The van der Waals surface area contributed by atoms with Crippen molar-refractivity contribution in [3.05, 3.63) is 80.6 Å². The molecule has 2 heterocycles. The highest BCUT2D eigenvalue weighted by molar-refractivity contribution is 7.18. The SMILES string of the molecule is O=Cc1cc2cc(-c3ccc(C4(CO)CC4)cc3)c(C(=O)c3ccc(Cl)s3)cc2[nH]1. The van der Waals surface area contributed by atoms with Crippen molar-refractivity contribution >= 4 is 45.9 Å². The van der Waals surface area contributed by atoms with Gasteiger partial charge in [0.2, 0.25) is 5.78 Å². The Hall–Kier alpha value is -2.73. The molecule has 1 aliphatic rings. The number of aldehydes is 1. The summed E-state index contributed by atoms with van der Waals surface area (Å²) in [4.78, 5) is 28.1. The molecule has 2 aromatic heterocycles. The first kappa shape index (κ1) is 19.2. The Morgan fingerprint density at radius 1 is 1.13 bits per heavy atom. The van der Waals surface area contributed by atoms with Crippen molar-refractivity contribution in [1.82, 2.24) is 4.98 Å². The Kier molecular flexibility index (Phi) is 4.62. The summed E-state index contributed by atoms with van der Waals surface area (Å²) < 4.78 is 0.562. The maximum Gasteiger partial charge on any atom is 0.203 e. The minimum absolute atomic E-state index is 0.103. The second-order valence-corrected chi connectivity index (χ2v) is 9.49. The summed E-state index contributed by atoms with van der Waals surface area (Å²) in [6.45, 7) is 0.152. The van der Waals surface area contributed by atoms with Gasteiger partial charge in [0.1, 0.15) is 0 Å². The largest absolute Gasteiger partial charge is 0.395 e. The molecule has 0 aliphatic heterocycles. The average molecular weight is 436 g/mol. The molecule has 4 aromatic rings. The molecule has 30 heavy (non-hydrogen) atoms. The van der Waals surface area contributed by atoms with E-state index in [0.717, 1.165) is 46.7 Å². The van der Waals surface area contributed by atoms with E-state index in [4.69, 9.17) is 11.6 Å². The third-order valence-electron chi connectivity index (χ3n) is 5.91. The van der Waals surface area contributed by atoms with Crippen LogP contribution >= 0.6 is 22.9 Å². The first-order valence-electron chi connectivity index (χ1n) is 9.67. The number of H-pyrrole nitrogens is 1. The molecule has 0 spiro atoms. The van der Waals surface area contributed by atoms with Gasteiger partial charge in [-0.25, -0.2) is 0 Å². The Morgan fingerprint density at radius 3 is 2.50 bits per heavy atom. The highest BCUT2D eigenvalue weighted by atomic mass is 35.5. The normalized spacial score (nSPS) is 14.7. The van der Waals surface area contributed by atoms with E-state index in [1.807, 2.05) is 30.3 Å². The van der Waals surface area contributed by atoms with E-state index in [0.29, 0.717) is 20.5 Å². The van der Waals surface area contributed by atoms with Gasteiger partial charge in [0.25, 0.3) is 0 Å². The summed E-state index contributed by atoms with van der Waals surface area (Å²) >= 11 is 7.29. The van der Waals surface area contributed by atoms with Crippen molar-refractivity contribution in [3.63, 3.8) is 0 Å². The Bertz CT molecular complexity index is 1280. The van der Waals surface area contributed by atoms with Crippen LogP contribution in [0.3, 0.4) is 0 Å². The predicted molar refractivity (Wildman–Crippen MR) is 120 cm³/mol. The van der Waals surface area contributed by atoms with Crippen molar-refractivity contribution in [2.24, 2.45) is 0 Å². The van der Waals surface area contributed by atoms with Crippen LogP contribution in [0.25, 0.3) is 22.0 Å². The van der Waals surface area contributed by atoms with Crippen LogP contribution in [0.5, 0.6) is 0 Å². The number of carbonyl (C=O) groups is 2. The zero-order chi connectivity index (χ0) is 20.9. The zero-order valence-corrected chi connectivity index (χ0v) is 17.5. The molecule has 0 bridgehead atoms. The van der Waals surface area contributed by atoms with Gasteiger partial charge in [-0.3, -0.25) is 9.59 Å². The van der Waals surface area contributed by atoms with Crippen LogP contribution in [-0.2, 0) is 5.41 Å².